The maximum absolute atomic E-state index is 12.7. The van der Waals surface area contributed by atoms with Gasteiger partial charge in [0.05, 0.1) is 0 Å². The SMILES string of the molecule is O=C(Cn1cnc2nc(N3CCCCC3)sc2c1=O)Nc1ccc(Br)cc1. The first-order valence-corrected chi connectivity index (χ1v) is 10.4. The number of carbonyl (C=O) groups excluding carboxylic acids is 1. The maximum Gasteiger partial charge on any atom is 0.273 e. The fraction of sp³-hybridized carbons (Fsp3) is 0.333. The van der Waals surface area contributed by atoms with E-state index in [1.165, 1.54) is 28.7 Å². The standard InChI is InChI=1S/C18H18BrN5O2S/c19-12-4-6-13(7-5-12)21-14(25)10-24-11-20-16-15(17(24)26)27-18(22-16)23-8-2-1-3-9-23/h4-7,11H,1-3,8-10H2,(H,21,25). The van der Waals surface area contributed by atoms with Gasteiger partial charge in [-0.15, -0.1) is 0 Å². The molecule has 7 nitrogen and oxygen atoms in total. The minimum Gasteiger partial charge on any atom is -0.348 e. The van der Waals surface area contributed by atoms with E-state index >= 15 is 0 Å². The summed E-state index contributed by atoms with van der Waals surface area (Å²) in [6.45, 7) is 1.84. The molecule has 1 saturated heterocycles. The summed E-state index contributed by atoms with van der Waals surface area (Å²) >= 11 is 4.71. The minimum atomic E-state index is -0.277. The summed E-state index contributed by atoms with van der Waals surface area (Å²) in [5.74, 6) is -0.277. The summed E-state index contributed by atoms with van der Waals surface area (Å²) in [4.78, 5) is 36.0. The van der Waals surface area contributed by atoms with E-state index in [0.717, 1.165) is 35.5 Å². The van der Waals surface area contributed by atoms with Gasteiger partial charge in [0.1, 0.15) is 17.6 Å². The largest absolute Gasteiger partial charge is 0.348 e. The number of fused-ring (bicyclic) bond motifs is 1. The molecular formula is C18H18BrN5O2S. The van der Waals surface area contributed by atoms with Crippen molar-refractivity contribution < 1.29 is 4.79 Å². The third kappa shape index (κ3) is 4.03. The molecule has 1 fully saturated rings. The molecule has 0 atom stereocenters. The molecular weight excluding hydrogens is 430 g/mol. The van der Waals surface area contributed by atoms with Crippen molar-refractivity contribution in [1.82, 2.24) is 14.5 Å². The fourth-order valence-corrected chi connectivity index (χ4v) is 4.34. The first-order valence-electron chi connectivity index (χ1n) is 8.76. The lowest BCUT2D eigenvalue weighted by molar-refractivity contribution is -0.116. The molecule has 1 aliphatic heterocycles. The van der Waals surface area contributed by atoms with Gasteiger partial charge in [-0.25, -0.2) is 4.98 Å². The lowest BCUT2D eigenvalue weighted by Gasteiger charge is -2.25. The highest BCUT2D eigenvalue weighted by atomic mass is 79.9. The first-order chi connectivity index (χ1) is 13.1. The number of hydrogen-bond acceptors (Lipinski definition) is 6. The van der Waals surface area contributed by atoms with Gasteiger partial charge in [-0.05, 0) is 43.5 Å². The van der Waals surface area contributed by atoms with Gasteiger partial charge in [-0.1, -0.05) is 27.3 Å². The highest BCUT2D eigenvalue weighted by Crippen LogP contribution is 2.27. The molecule has 0 spiro atoms. The Morgan fingerprint density at radius 1 is 1.19 bits per heavy atom. The Kier molecular flexibility index (Phi) is 5.22. The van der Waals surface area contributed by atoms with Crippen molar-refractivity contribution in [2.45, 2.75) is 25.8 Å². The van der Waals surface area contributed by atoms with Crippen molar-refractivity contribution in [3.8, 4) is 0 Å². The average Bonchev–Trinajstić information content (AvgIpc) is 3.12. The molecule has 3 heterocycles. The fourth-order valence-electron chi connectivity index (χ4n) is 3.06. The van der Waals surface area contributed by atoms with Crippen molar-refractivity contribution in [1.29, 1.82) is 0 Å². The Bertz CT molecular complexity index is 1020. The number of nitrogens with one attached hydrogen (secondary N) is 1. The Morgan fingerprint density at radius 2 is 1.93 bits per heavy atom. The number of nitrogens with zero attached hydrogens (tertiary/aromatic N) is 4. The lowest BCUT2D eigenvalue weighted by atomic mass is 10.1. The third-order valence-electron chi connectivity index (χ3n) is 4.44. The van der Waals surface area contributed by atoms with Gasteiger partial charge in [0.25, 0.3) is 5.56 Å². The Hall–Kier alpha value is -2.26. The van der Waals surface area contributed by atoms with Crippen LogP contribution < -0.4 is 15.8 Å². The first kappa shape index (κ1) is 18.1. The van der Waals surface area contributed by atoms with Gasteiger partial charge < -0.3 is 10.2 Å². The van der Waals surface area contributed by atoms with Gasteiger partial charge in [0.2, 0.25) is 5.91 Å². The van der Waals surface area contributed by atoms with Crippen LogP contribution in [-0.2, 0) is 11.3 Å². The van der Waals surface area contributed by atoms with E-state index < -0.39 is 0 Å². The topological polar surface area (TPSA) is 80.1 Å². The van der Waals surface area contributed by atoms with E-state index in [-0.39, 0.29) is 18.0 Å². The van der Waals surface area contributed by atoms with E-state index in [4.69, 9.17) is 0 Å². The number of piperidine rings is 1. The normalized spacial score (nSPS) is 14.5. The molecule has 1 aromatic carbocycles. The molecule has 27 heavy (non-hydrogen) atoms. The van der Waals surface area contributed by atoms with Crippen LogP contribution in [-0.4, -0.2) is 33.5 Å². The summed E-state index contributed by atoms with van der Waals surface area (Å²) in [6.07, 6.45) is 4.92. The number of rotatable bonds is 4. The average molecular weight is 448 g/mol. The monoisotopic (exact) mass is 447 g/mol. The molecule has 1 amide bonds. The highest BCUT2D eigenvalue weighted by molar-refractivity contribution is 9.10. The van der Waals surface area contributed by atoms with Crippen LogP contribution in [0.15, 0.2) is 39.9 Å². The molecule has 0 bridgehead atoms. The van der Waals surface area contributed by atoms with Crippen LogP contribution in [0.25, 0.3) is 10.3 Å². The number of benzene rings is 1. The summed E-state index contributed by atoms with van der Waals surface area (Å²) in [7, 11) is 0. The molecule has 9 heteroatoms. The van der Waals surface area contributed by atoms with Crippen LogP contribution in [0.2, 0.25) is 0 Å². The second-order valence-electron chi connectivity index (χ2n) is 6.43. The van der Waals surface area contributed by atoms with E-state index in [2.05, 4.69) is 36.1 Å². The summed E-state index contributed by atoms with van der Waals surface area (Å²) < 4.78 is 2.75. The molecule has 3 aromatic rings. The van der Waals surface area contributed by atoms with Crippen molar-refractivity contribution >= 4 is 54.3 Å². The molecule has 140 valence electrons. The van der Waals surface area contributed by atoms with Crippen molar-refractivity contribution in [3.63, 3.8) is 0 Å². The zero-order valence-corrected chi connectivity index (χ0v) is 16.9. The van der Waals surface area contributed by atoms with E-state index in [1.807, 2.05) is 12.1 Å². The zero-order chi connectivity index (χ0) is 18.8. The second kappa shape index (κ2) is 7.77. The van der Waals surface area contributed by atoms with Crippen LogP contribution in [0.4, 0.5) is 10.8 Å². The lowest BCUT2D eigenvalue weighted by Crippen LogP contribution is -2.29. The van der Waals surface area contributed by atoms with Crippen LogP contribution in [0.1, 0.15) is 19.3 Å². The summed E-state index contributed by atoms with van der Waals surface area (Å²) in [5, 5.41) is 3.62. The van der Waals surface area contributed by atoms with Crippen LogP contribution in [0.3, 0.4) is 0 Å². The Morgan fingerprint density at radius 3 is 2.67 bits per heavy atom. The third-order valence-corrected chi connectivity index (χ3v) is 6.06. The summed E-state index contributed by atoms with van der Waals surface area (Å²) in [6, 6.07) is 7.27. The van der Waals surface area contributed by atoms with Gasteiger partial charge in [0, 0.05) is 23.2 Å². The van der Waals surface area contributed by atoms with E-state index in [0.29, 0.717) is 16.0 Å². The molecule has 0 saturated carbocycles. The molecule has 0 radical (unpaired) electrons. The second-order valence-corrected chi connectivity index (χ2v) is 8.32. The number of carbonyl (C=O) groups is 1. The van der Waals surface area contributed by atoms with Crippen LogP contribution >= 0.6 is 27.3 Å². The molecule has 0 unspecified atom stereocenters. The number of halogens is 1. The smallest absolute Gasteiger partial charge is 0.273 e. The quantitative estimate of drug-likeness (QED) is 0.663. The van der Waals surface area contributed by atoms with Crippen molar-refractivity contribution in [3.05, 3.63) is 45.4 Å². The van der Waals surface area contributed by atoms with Crippen LogP contribution in [0, 0.1) is 0 Å². The predicted molar refractivity (Wildman–Crippen MR) is 111 cm³/mol. The number of aromatic nitrogens is 3. The molecule has 4 rings (SSSR count). The minimum absolute atomic E-state index is 0.0885. The number of anilines is 2. The Labute approximate surface area is 168 Å². The van der Waals surface area contributed by atoms with Crippen LogP contribution in [0.5, 0.6) is 0 Å². The van der Waals surface area contributed by atoms with Crippen molar-refractivity contribution in [2.75, 3.05) is 23.3 Å². The number of thiazole rings is 1. The van der Waals surface area contributed by atoms with E-state index in [9.17, 15) is 9.59 Å². The maximum atomic E-state index is 12.7. The molecule has 0 aliphatic carbocycles. The number of hydrogen-bond donors (Lipinski definition) is 1. The molecule has 1 N–H and O–H groups in total. The van der Waals surface area contributed by atoms with Gasteiger partial charge in [-0.3, -0.25) is 14.2 Å². The van der Waals surface area contributed by atoms with E-state index in [1.54, 1.807) is 12.1 Å². The highest BCUT2D eigenvalue weighted by Gasteiger charge is 2.18. The zero-order valence-electron chi connectivity index (χ0n) is 14.5. The number of amides is 1. The van der Waals surface area contributed by atoms with Gasteiger partial charge >= 0.3 is 0 Å². The molecule has 1 aliphatic rings. The predicted octanol–water partition coefficient (Wildman–Crippen LogP) is 3.24. The van der Waals surface area contributed by atoms with Crippen molar-refractivity contribution in [2.24, 2.45) is 0 Å². The van der Waals surface area contributed by atoms with Gasteiger partial charge in [-0.2, -0.15) is 4.98 Å². The van der Waals surface area contributed by atoms with Gasteiger partial charge in [0.15, 0.2) is 10.8 Å². The summed E-state index contributed by atoms with van der Waals surface area (Å²) in [5.41, 5.74) is 0.900. The Balaban J connectivity index is 1.53. The molecule has 2 aromatic heterocycles.